The van der Waals surface area contributed by atoms with Crippen molar-refractivity contribution < 1.29 is 9.53 Å². The van der Waals surface area contributed by atoms with Crippen LogP contribution in [0.25, 0.3) is 0 Å². The van der Waals surface area contributed by atoms with E-state index >= 15 is 0 Å². The number of carbonyl (C=O) groups is 1. The predicted molar refractivity (Wildman–Crippen MR) is 108 cm³/mol. The van der Waals surface area contributed by atoms with Gasteiger partial charge in [0.2, 0.25) is 0 Å². The lowest BCUT2D eigenvalue weighted by Crippen LogP contribution is -2.45. The predicted octanol–water partition coefficient (Wildman–Crippen LogP) is 2.79. The van der Waals surface area contributed by atoms with E-state index in [0.29, 0.717) is 5.69 Å². The SMILES string of the molecule is Cc1cc(C(=O)N(CCCN2CCc3ccccc3C2)C2CCOCC2)n[nH]1. The van der Waals surface area contributed by atoms with Crippen LogP contribution >= 0.6 is 0 Å². The van der Waals surface area contributed by atoms with Crippen molar-refractivity contribution in [3.8, 4) is 0 Å². The van der Waals surface area contributed by atoms with E-state index in [1.165, 1.54) is 11.1 Å². The fourth-order valence-corrected chi connectivity index (χ4v) is 4.33. The number of nitrogens with one attached hydrogen (secondary N) is 1. The lowest BCUT2D eigenvalue weighted by atomic mass is 10.00. The van der Waals surface area contributed by atoms with Crippen LogP contribution in [0, 0.1) is 6.92 Å². The lowest BCUT2D eigenvalue weighted by molar-refractivity contribution is 0.0275. The van der Waals surface area contributed by atoms with Crippen LogP contribution in [0.2, 0.25) is 0 Å². The fraction of sp³-hybridized carbons (Fsp3) is 0.545. The summed E-state index contributed by atoms with van der Waals surface area (Å²) in [5, 5.41) is 7.09. The summed E-state index contributed by atoms with van der Waals surface area (Å²) in [5.41, 5.74) is 4.36. The highest BCUT2D eigenvalue weighted by Crippen LogP contribution is 2.20. The quantitative estimate of drug-likeness (QED) is 0.835. The van der Waals surface area contributed by atoms with Crippen LogP contribution in [-0.4, -0.2) is 64.8 Å². The Hall–Kier alpha value is -2.18. The first-order chi connectivity index (χ1) is 13.7. The van der Waals surface area contributed by atoms with Gasteiger partial charge in [-0.3, -0.25) is 14.8 Å². The summed E-state index contributed by atoms with van der Waals surface area (Å²) in [6.07, 6.45) is 3.92. The number of carbonyl (C=O) groups excluding carboxylic acids is 1. The normalized spacial score (nSPS) is 18.0. The van der Waals surface area contributed by atoms with Gasteiger partial charge in [0.25, 0.3) is 5.91 Å². The maximum Gasteiger partial charge on any atom is 0.274 e. The van der Waals surface area contributed by atoms with Crippen molar-refractivity contribution in [2.75, 3.05) is 32.8 Å². The average Bonchev–Trinajstić information content (AvgIpc) is 3.18. The van der Waals surface area contributed by atoms with E-state index in [4.69, 9.17) is 4.74 Å². The van der Waals surface area contributed by atoms with Gasteiger partial charge in [0.15, 0.2) is 0 Å². The molecule has 0 spiro atoms. The second-order valence-electron chi connectivity index (χ2n) is 7.93. The number of rotatable bonds is 6. The maximum absolute atomic E-state index is 13.1. The number of hydrogen-bond donors (Lipinski definition) is 1. The molecule has 0 aliphatic carbocycles. The molecule has 3 heterocycles. The maximum atomic E-state index is 13.1. The number of benzene rings is 1. The Morgan fingerprint density at radius 1 is 1.29 bits per heavy atom. The van der Waals surface area contributed by atoms with Crippen LogP contribution in [0.4, 0.5) is 0 Å². The number of aromatic amines is 1. The summed E-state index contributed by atoms with van der Waals surface area (Å²) in [4.78, 5) is 17.6. The molecule has 6 nitrogen and oxygen atoms in total. The molecule has 1 N–H and O–H groups in total. The first kappa shape index (κ1) is 19.2. The van der Waals surface area contributed by atoms with Crippen molar-refractivity contribution in [1.82, 2.24) is 20.0 Å². The van der Waals surface area contributed by atoms with Gasteiger partial charge in [0, 0.05) is 51.1 Å². The molecule has 2 aliphatic rings. The van der Waals surface area contributed by atoms with Gasteiger partial charge in [-0.2, -0.15) is 5.10 Å². The lowest BCUT2D eigenvalue weighted by Gasteiger charge is -2.35. The van der Waals surface area contributed by atoms with Gasteiger partial charge in [0.1, 0.15) is 5.69 Å². The van der Waals surface area contributed by atoms with E-state index in [0.717, 1.165) is 70.8 Å². The standard InChI is InChI=1S/C22H30N4O2/c1-17-15-21(24-23-17)22(27)26(20-8-13-28-14-9-20)11-4-10-25-12-7-18-5-2-3-6-19(18)16-25/h2-3,5-6,15,20H,4,7-14,16H2,1H3,(H,23,24). The molecule has 1 aromatic carbocycles. The second kappa shape index (κ2) is 8.88. The molecule has 1 fully saturated rings. The highest BCUT2D eigenvalue weighted by molar-refractivity contribution is 5.92. The first-order valence-electron chi connectivity index (χ1n) is 10.4. The minimum atomic E-state index is 0.0419. The van der Waals surface area contributed by atoms with Gasteiger partial charge in [0.05, 0.1) is 0 Å². The van der Waals surface area contributed by atoms with E-state index in [1.54, 1.807) is 0 Å². The zero-order chi connectivity index (χ0) is 19.3. The Morgan fingerprint density at radius 3 is 2.82 bits per heavy atom. The molecule has 1 saturated heterocycles. The molecule has 2 aliphatic heterocycles. The summed E-state index contributed by atoms with van der Waals surface area (Å²) < 4.78 is 5.50. The first-order valence-corrected chi connectivity index (χ1v) is 10.4. The van der Waals surface area contributed by atoms with Crippen LogP contribution in [0.1, 0.15) is 46.6 Å². The van der Waals surface area contributed by atoms with Gasteiger partial charge >= 0.3 is 0 Å². The number of H-pyrrole nitrogens is 1. The van der Waals surface area contributed by atoms with E-state index in [2.05, 4.69) is 39.4 Å². The summed E-state index contributed by atoms with van der Waals surface area (Å²) in [7, 11) is 0. The highest BCUT2D eigenvalue weighted by atomic mass is 16.5. The summed E-state index contributed by atoms with van der Waals surface area (Å²) in [5.74, 6) is 0.0419. The topological polar surface area (TPSA) is 61.5 Å². The Balaban J connectivity index is 1.36. The fourth-order valence-electron chi connectivity index (χ4n) is 4.33. The highest BCUT2D eigenvalue weighted by Gasteiger charge is 2.28. The van der Waals surface area contributed by atoms with Crippen molar-refractivity contribution in [3.63, 3.8) is 0 Å². The third-order valence-electron chi connectivity index (χ3n) is 5.90. The monoisotopic (exact) mass is 382 g/mol. The Bertz CT molecular complexity index is 797. The molecule has 0 saturated carbocycles. The molecular weight excluding hydrogens is 352 g/mol. The van der Waals surface area contributed by atoms with Crippen LogP contribution in [-0.2, 0) is 17.7 Å². The Labute approximate surface area is 166 Å². The number of amides is 1. The molecule has 1 amide bonds. The third kappa shape index (κ3) is 4.45. The van der Waals surface area contributed by atoms with Crippen LogP contribution in [0.5, 0.6) is 0 Å². The van der Waals surface area contributed by atoms with Gasteiger partial charge in [-0.05, 0) is 49.8 Å². The van der Waals surface area contributed by atoms with Gasteiger partial charge in [-0.25, -0.2) is 0 Å². The van der Waals surface area contributed by atoms with Crippen molar-refractivity contribution >= 4 is 5.91 Å². The second-order valence-corrected chi connectivity index (χ2v) is 7.93. The van der Waals surface area contributed by atoms with E-state index < -0.39 is 0 Å². The van der Waals surface area contributed by atoms with Gasteiger partial charge in [-0.1, -0.05) is 24.3 Å². The number of aromatic nitrogens is 2. The number of fused-ring (bicyclic) bond motifs is 1. The van der Waals surface area contributed by atoms with Gasteiger partial charge in [-0.15, -0.1) is 0 Å². The summed E-state index contributed by atoms with van der Waals surface area (Å²) >= 11 is 0. The number of ether oxygens (including phenoxy) is 1. The molecule has 4 rings (SSSR count). The van der Waals surface area contributed by atoms with Crippen LogP contribution in [0.15, 0.2) is 30.3 Å². The largest absolute Gasteiger partial charge is 0.381 e. The summed E-state index contributed by atoms with van der Waals surface area (Å²) in [6, 6.07) is 10.8. The zero-order valence-corrected chi connectivity index (χ0v) is 16.7. The van der Waals surface area contributed by atoms with Crippen molar-refractivity contribution in [2.24, 2.45) is 0 Å². The third-order valence-corrected chi connectivity index (χ3v) is 5.90. The van der Waals surface area contributed by atoms with Gasteiger partial charge < -0.3 is 9.64 Å². The number of nitrogens with zero attached hydrogens (tertiary/aromatic N) is 3. The van der Waals surface area contributed by atoms with E-state index in [1.807, 2.05) is 17.9 Å². The molecule has 28 heavy (non-hydrogen) atoms. The molecule has 150 valence electrons. The van der Waals surface area contributed by atoms with Crippen molar-refractivity contribution in [2.45, 2.75) is 45.2 Å². The van der Waals surface area contributed by atoms with E-state index in [-0.39, 0.29) is 11.9 Å². The zero-order valence-electron chi connectivity index (χ0n) is 16.7. The van der Waals surface area contributed by atoms with E-state index in [9.17, 15) is 4.79 Å². The molecule has 6 heteroatoms. The molecule has 0 bridgehead atoms. The number of hydrogen-bond acceptors (Lipinski definition) is 4. The molecule has 0 radical (unpaired) electrons. The Morgan fingerprint density at radius 2 is 2.07 bits per heavy atom. The van der Waals surface area contributed by atoms with Crippen molar-refractivity contribution in [1.29, 1.82) is 0 Å². The van der Waals surface area contributed by atoms with Crippen LogP contribution in [0.3, 0.4) is 0 Å². The minimum absolute atomic E-state index is 0.0419. The molecular formula is C22H30N4O2. The van der Waals surface area contributed by atoms with Crippen LogP contribution < -0.4 is 0 Å². The molecule has 0 atom stereocenters. The van der Waals surface area contributed by atoms with Crippen molar-refractivity contribution in [3.05, 3.63) is 52.8 Å². The Kier molecular flexibility index (Phi) is 6.07. The minimum Gasteiger partial charge on any atom is -0.381 e. The molecule has 0 unspecified atom stereocenters. The molecule has 2 aromatic rings. The number of aryl methyl sites for hydroxylation is 1. The summed E-state index contributed by atoms with van der Waals surface area (Å²) in [6.45, 7) is 7.29. The molecule has 1 aromatic heterocycles. The average molecular weight is 383 g/mol. The smallest absolute Gasteiger partial charge is 0.274 e.